The number of alkyl halides is 1. The van der Waals surface area contributed by atoms with Crippen molar-refractivity contribution >= 4 is 45.0 Å². The smallest absolute Gasteiger partial charge is 0.338 e. The zero-order chi connectivity index (χ0) is 24.5. The van der Waals surface area contributed by atoms with Gasteiger partial charge in [-0.15, -0.1) is 11.3 Å². The summed E-state index contributed by atoms with van der Waals surface area (Å²) in [7, 11) is 0. The van der Waals surface area contributed by atoms with Crippen LogP contribution >= 0.6 is 27.3 Å². The lowest BCUT2D eigenvalue weighted by Crippen LogP contribution is -2.60. The van der Waals surface area contributed by atoms with Gasteiger partial charge in [0.05, 0.1) is 18.6 Å². The van der Waals surface area contributed by atoms with E-state index in [0.29, 0.717) is 26.6 Å². The first-order chi connectivity index (χ1) is 16.2. The van der Waals surface area contributed by atoms with Gasteiger partial charge in [-0.3, -0.25) is 14.7 Å². The molecular weight excluding hydrogens is 534 g/mol. The van der Waals surface area contributed by atoms with E-state index in [1.54, 1.807) is 23.4 Å². The zero-order valence-corrected chi connectivity index (χ0v) is 20.5. The van der Waals surface area contributed by atoms with E-state index in [1.807, 2.05) is 0 Å². The summed E-state index contributed by atoms with van der Waals surface area (Å²) in [6.45, 7) is 1.77. The van der Waals surface area contributed by atoms with Gasteiger partial charge in [0.15, 0.2) is 10.8 Å². The molecule has 2 aliphatic heterocycles. The van der Waals surface area contributed by atoms with Gasteiger partial charge in [0.25, 0.3) is 0 Å². The molecule has 0 saturated carbocycles. The van der Waals surface area contributed by atoms with Crippen molar-refractivity contribution in [1.82, 2.24) is 15.2 Å². The van der Waals surface area contributed by atoms with Gasteiger partial charge in [-0.2, -0.15) is 0 Å². The molecule has 0 spiro atoms. The van der Waals surface area contributed by atoms with E-state index in [0.717, 1.165) is 0 Å². The standard InChI is InChI=1S/C22H21BrF2N4O4S/c1-2-33-21(32)17-15(9-29-10-22(25,11-29)8-16(30)31)27-19(20-26-5-6-34-20)28-18(17)13-4-3-12(24)7-14(13)23/h3-7,18H,2,8-11H2,1H3,(H,27,28)(H,30,31)/t18-/m0/s1. The van der Waals surface area contributed by atoms with Crippen LogP contribution in [0.15, 0.2) is 50.5 Å². The summed E-state index contributed by atoms with van der Waals surface area (Å²) in [4.78, 5) is 34.7. The van der Waals surface area contributed by atoms with Crippen LogP contribution in [0.4, 0.5) is 8.78 Å². The number of rotatable bonds is 8. The maximum Gasteiger partial charge on any atom is 0.338 e. The van der Waals surface area contributed by atoms with Gasteiger partial charge >= 0.3 is 11.9 Å². The van der Waals surface area contributed by atoms with Crippen LogP contribution in [-0.4, -0.2) is 64.7 Å². The number of carbonyl (C=O) groups excluding carboxylic acids is 1. The average molecular weight is 555 g/mol. The van der Waals surface area contributed by atoms with Crippen molar-refractivity contribution in [2.75, 3.05) is 26.2 Å². The zero-order valence-electron chi connectivity index (χ0n) is 18.1. The number of hydrogen-bond donors (Lipinski definition) is 2. The summed E-state index contributed by atoms with van der Waals surface area (Å²) in [5.74, 6) is -1.85. The third-order valence-corrected chi connectivity index (χ3v) is 6.84. The predicted molar refractivity (Wildman–Crippen MR) is 125 cm³/mol. The lowest BCUT2D eigenvalue weighted by atomic mass is 9.91. The molecule has 1 fully saturated rings. The minimum Gasteiger partial charge on any atom is -0.481 e. The Morgan fingerprint density at radius 1 is 1.41 bits per heavy atom. The summed E-state index contributed by atoms with van der Waals surface area (Å²) in [6.07, 6.45) is 1.04. The van der Waals surface area contributed by atoms with Crippen molar-refractivity contribution < 1.29 is 28.2 Å². The number of esters is 1. The van der Waals surface area contributed by atoms with Crippen LogP contribution in [0.2, 0.25) is 0 Å². The monoisotopic (exact) mass is 554 g/mol. The van der Waals surface area contributed by atoms with Crippen LogP contribution in [-0.2, 0) is 14.3 Å². The van der Waals surface area contributed by atoms with E-state index in [1.165, 1.54) is 29.5 Å². The van der Waals surface area contributed by atoms with Crippen molar-refractivity contribution in [3.63, 3.8) is 0 Å². The van der Waals surface area contributed by atoms with Gasteiger partial charge < -0.3 is 15.2 Å². The number of aliphatic imine (C=N–C) groups is 1. The Labute approximate surface area is 206 Å². The van der Waals surface area contributed by atoms with Crippen molar-refractivity contribution in [3.05, 3.63) is 61.9 Å². The van der Waals surface area contributed by atoms with E-state index in [4.69, 9.17) is 14.8 Å². The van der Waals surface area contributed by atoms with Crippen molar-refractivity contribution in [3.8, 4) is 0 Å². The molecule has 34 heavy (non-hydrogen) atoms. The van der Waals surface area contributed by atoms with Crippen molar-refractivity contribution in [2.45, 2.75) is 25.1 Å². The molecule has 8 nitrogen and oxygen atoms in total. The number of benzene rings is 1. The third-order valence-electron chi connectivity index (χ3n) is 5.38. The molecule has 0 bridgehead atoms. The maximum atomic E-state index is 14.6. The fourth-order valence-corrected chi connectivity index (χ4v) is 5.20. The highest BCUT2D eigenvalue weighted by atomic mass is 79.9. The Morgan fingerprint density at radius 2 is 2.18 bits per heavy atom. The van der Waals surface area contributed by atoms with Crippen LogP contribution < -0.4 is 5.32 Å². The van der Waals surface area contributed by atoms with Gasteiger partial charge in [-0.25, -0.2) is 18.6 Å². The summed E-state index contributed by atoms with van der Waals surface area (Å²) in [5.41, 5.74) is -0.621. The Kier molecular flexibility index (Phi) is 7.10. The summed E-state index contributed by atoms with van der Waals surface area (Å²) in [6, 6.07) is 3.27. The van der Waals surface area contributed by atoms with Gasteiger partial charge in [0, 0.05) is 41.4 Å². The number of halogens is 3. The SMILES string of the molecule is CCOC(=O)C1=C(CN2CC(F)(CC(=O)O)C2)NC(c2nccs2)=N[C@H]1c1ccc(F)cc1Br. The Bertz CT molecular complexity index is 1170. The van der Waals surface area contributed by atoms with E-state index in [2.05, 4.69) is 26.2 Å². The molecule has 2 aromatic rings. The highest BCUT2D eigenvalue weighted by Gasteiger charge is 2.46. The van der Waals surface area contributed by atoms with Gasteiger partial charge in [-0.05, 0) is 24.6 Å². The number of thiazole rings is 1. The molecule has 1 aromatic carbocycles. The third kappa shape index (κ3) is 5.18. The van der Waals surface area contributed by atoms with Crippen molar-refractivity contribution in [1.29, 1.82) is 0 Å². The normalized spacial score (nSPS) is 19.8. The molecule has 4 rings (SSSR count). The molecule has 2 aliphatic rings. The molecule has 0 unspecified atom stereocenters. The van der Waals surface area contributed by atoms with Gasteiger partial charge in [0.2, 0.25) is 0 Å². The number of nitrogens with zero attached hydrogens (tertiary/aromatic N) is 3. The summed E-state index contributed by atoms with van der Waals surface area (Å²) >= 11 is 4.71. The highest BCUT2D eigenvalue weighted by molar-refractivity contribution is 9.10. The second-order valence-corrected chi connectivity index (χ2v) is 9.74. The van der Waals surface area contributed by atoms with E-state index in [-0.39, 0.29) is 31.8 Å². The topological polar surface area (TPSA) is 104 Å². The van der Waals surface area contributed by atoms with Crippen LogP contribution in [0.25, 0.3) is 0 Å². The number of nitrogens with one attached hydrogen (secondary N) is 1. The molecule has 2 N–H and O–H groups in total. The Morgan fingerprint density at radius 3 is 2.79 bits per heavy atom. The number of carbonyl (C=O) groups is 2. The first-order valence-electron chi connectivity index (χ1n) is 10.4. The molecule has 180 valence electrons. The molecule has 0 amide bonds. The molecular formula is C22H21BrF2N4O4S. The number of ether oxygens (including phenoxy) is 1. The molecule has 0 radical (unpaired) electrons. The number of carboxylic acid groups (broad SMARTS) is 1. The molecule has 3 heterocycles. The number of carboxylic acids is 1. The van der Waals surface area contributed by atoms with Gasteiger partial charge in [0.1, 0.15) is 17.5 Å². The highest BCUT2D eigenvalue weighted by Crippen LogP contribution is 2.38. The van der Waals surface area contributed by atoms with Crippen molar-refractivity contribution in [2.24, 2.45) is 4.99 Å². The first-order valence-corrected chi connectivity index (χ1v) is 12.1. The minimum absolute atomic E-state index is 0.0881. The first kappa shape index (κ1) is 24.4. The van der Waals surface area contributed by atoms with Gasteiger partial charge in [-0.1, -0.05) is 22.0 Å². The number of hydrogen-bond acceptors (Lipinski definition) is 8. The van der Waals surface area contributed by atoms with Crippen LogP contribution in [0.1, 0.15) is 30.0 Å². The quantitative estimate of drug-likeness (QED) is 0.481. The number of amidine groups is 1. The fourth-order valence-electron chi connectivity index (χ4n) is 4.04. The largest absolute Gasteiger partial charge is 0.481 e. The maximum absolute atomic E-state index is 14.6. The van der Waals surface area contributed by atoms with E-state index < -0.39 is 35.9 Å². The minimum atomic E-state index is -1.82. The van der Waals surface area contributed by atoms with E-state index in [9.17, 15) is 18.4 Å². The van der Waals surface area contributed by atoms with Crippen LogP contribution in [0.3, 0.4) is 0 Å². The molecule has 12 heteroatoms. The summed E-state index contributed by atoms with van der Waals surface area (Å²) in [5, 5.41) is 14.5. The Hall–Kier alpha value is -2.70. The lowest BCUT2D eigenvalue weighted by molar-refractivity contribution is -0.144. The molecule has 0 aliphatic carbocycles. The molecule has 1 saturated heterocycles. The Balaban J connectivity index is 1.74. The second-order valence-electron chi connectivity index (χ2n) is 7.99. The summed E-state index contributed by atoms with van der Waals surface area (Å²) < 4.78 is 34.2. The van der Waals surface area contributed by atoms with Crippen LogP contribution in [0.5, 0.6) is 0 Å². The molecule has 1 atom stereocenters. The van der Waals surface area contributed by atoms with Crippen LogP contribution in [0, 0.1) is 5.82 Å². The molecule has 1 aromatic heterocycles. The number of likely N-dealkylation sites (tertiary alicyclic amines) is 1. The predicted octanol–water partition coefficient (Wildman–Crippen LogP) is 3.45. The number of aliphatic carboxylic acids is 1. The second kappa shape index (κ2) is 9.88. The number of aromatic nitrogens is 1. The fraction of sp³-hybridized carbons (Fsp3) is 0.364. The van der Waals surface area contributed by atoms with E-state index >= 15 is 0 Å². The average Bonchev–Trinajstić information content (AvgIpc) is 3.26. The lowest BCUT2D eigenvalue weighted by Gasteiger charge is -2.44.